The molecule has 0 bridgehead atoms. The second-order valence-electron chi connectivity index (χ2n) is 22.5. The molecule has 11 aromatic carbocycles. The Morgan fingerprint density at radius 3 is 0.617 bits per heavy atom. The lowest BCUT2D eigenvalue weighted by Crippen LogP contribution is -2.00. The quantitative estimate of drug-likeness (QED) is 0.125. The summed E-state index contributed by atoms with van der Waals surface area (Å²) in [4.78, 5) is 42.5. The fourth-order valence-electron chi connectivity index (χ4n) is 10.5. The molecule has 4 heterocycles. The summed E-state index contributed by atoms with van der Waals surface area (Å²) in [7, 11) is 0. The van der Waals surface area contributed by atoms with Crippen LogP contribution in [0.4, 0.5) is 0 Å². The molecule has 0 aliphatic rings. The van der Waals surface area contributed by atoms with Gasteiger partial charge < -0.3 is 0 Å². The summed E-state index contributed by atoms with van der Waals surface area (Å²) in [5, 5.41) is 0. The van der Waals surface area contributed by atoms with Crippen LogP contribution >= 0.6 is 0 Å². The van der Waals surface area contributed by atoms with Crippen molar-refractivity contribution in [2.75, 3.05) is 0 Å². The van der Waals surface area contributed by atoms with E-state index >= 15 is 0 Å². The molecule has 0 radical (unpaired) electrons. The third-order valence-corrected chi connectivity index (χ3v) is 15.2. The van der Waals surface area contributed by atoms with Gasteiger partial charge in [0.2, 0.25) is 0 Å². The van der Waals surface area contributed by atoms with Crippen molar-refractivity contribution in [3.63, 3.8) is 0 Å². The number of aromatic nitrogens is 9. The zero-order valence-electron chi connectivity index (χ0n) is 52.8. The molecule has 0 saturated heterocycles. The summed E-state index contributed by atoms with van der Waals surface area (Å²) in [5.41, 5.74) is 20.9. The van der Waals surface area contributed by atoms with Gasteiger partial charge in [-0.1, -0.05) is 314 Å². The van der Waals surface area contributed by atoms with Gasteiger partial charge in [-0.15, -0.1) is 0 Å². The van der Waals surface area contributed by atoms with Gasteiger partial charge in [-0.25, -0.2) is 44.9 Å². The maximum atomic E-state index is 4.83. The molecular weight excluding hydrogens is 1150 g/mol. The van der Waals surface area contributed by atoms with Gasteiger partial charge in [-0.2, -0.15) is 0 Å². The van der Waals surface area contributed by atoms with E-state index in [0.29, 0.717) is 17.5 Å². The minimum Gasteiger partial charge on any atom is -0.233 e. The minimum absolute atomic E-state index is 0.686. The maximum Gasteiger partial charge on any atom is 0.164 e. The van der Waals surface area contributed by atoms with Gasteiger partial charge in [-0.3, -0.25) is 0 Å². The molecule has 0 aliphatic heterocycles. The third kappa shape index (κ3) is 16.3. The minimum atomic E-state index is 0.686. The van der Waals surface area contributed by atoms with Crippen molar-refractivity contribution < 1.29 is 0 Å². The predicted molar refractivity (Wildman–Crippen MR) is 385 cm³/mol. The molecule has 0 fully saturated rings. The molecule has 0 unspecified atom stereocenters. The molecule has 0 aliphatic carbocycles. The van der Waals surface area contributed by atoms with Crippen LogP contribution in [0.25, 0.3) is 124 Å². The molecule has 0 saturated carbocycles. The molecule has 0 amide bonds. The lowest BCUT2D eigenvalue weighted by molar-refractivity contribution is 1.06. The Hall–Kier alpha value is -12.3. The predicted octanol–water partition coefficient (Wildman–Crippen LogP) is 20.9. The summed E-state index contributed by atoms with van der Waals surface area (Å²) in [6.07, 6.45) is 0. The van der Waals surface area contributed by atoms with Gasteiger partial charge >= 0.3 is 0 Å². The van der Waals surface area contributed by atoms with Crippen molar-refractivity contribution in [1.82, 2.24) is 44.9 Å². The summed E-state index contributed by atoms with van der Waals surface area (Å²) in [6.45, 7) is 8.18. The SMILES string of the molecule is Cc1cccc(-c2cc(-c3ccccc3)nc(-c3ccccc3)n2)c1.Cc1cccc(-c2nc(-c3ccccc3)cc(-c3ccccc3)n2)c1.Cc1cccc(-c2nc(-c3ccccc3)nc(-c3ccccc3)n2)c1.Cc1nc(-c2ccccc2)cc(-c2ccccc2)n1. The second kappa shape index (κ2) is 30.5. The number of rotatable bonds is 11. The summed E-state index contributed by atoms with van der Waals surface area (Å²) >= 11 is 0. The van der Waals surface area contributed by atoms with Crippen molar-refractivity contribution in [2.24, 2.45) is 0 Å². The summed E-state index contributed by atoms with van der Waals surface area (Å²) in [5.74, 6) is 4.36. The Bertz CT molecular complexity index is 4280. The topological polar surface area (TPSA) is 116 Å². The molecule has 0 N–H and O–H groups in total. The first kappa shape index (κ1) is 61.9. The zero-order valence-corrected chi connectivity index (χ0v) is 52.8. The molecule has 9 heteroatoms. The fraction of sp³-hybridized carbons (Fsp3) is 0.0471. The van der Waals surface area contributed by atoms with Crippen LogP contribution in [0, 0.1) is 27.7 Å². The molecule has 4 aromatic heterocycles. The van der Waals surface area contributed by atoms with Crippen LogP contribution in [0.2, 0.25) is 0 Å². The molecule has 94 heavy (non-hydrogen) atoms. The van der Waals surface area contributed by atoms with E-state index in [1.807, 2.05) is 213 Å². The monoisotopic (exact) mass is 1210 g/mol. The van der Waals surface area contributed by atoms with Crippen LogP contribution in [0.3, 0.4) is 0 Å². The molecule has 0 atom stereocenters. The van der Waals surface area contributed by atoms with E-state index in [1.165, 1.54) is 16.7 Å². The second-order valence-corrected chi connectivity index (χ2v) is 22.5. The van der Waals surface area contributed by atoms with Crippen molar-refractivity contribution in [3.05, 3.63) is 356 Å². The van der Waals surface area contributed by atoms with Crippen molar-refractivity contribution in [3.8, 4) is 124 Å². The van der Waals surface area contributed by atoms with Gasteiger partial charge in [0, 0.05) is 61.2 Å². The van der Waals surface area contributed by atoms with Gasteiger partial charge in [0.05, 0.1) is 34.2 Å². The average Bonchev–Trinajstić information content (AvgIpc) is 1.01. The standard InChI is InChI=1S/2C23H18N2.C22H17N3.C17H14N2/c1-17-9-8-14-20(15-17)22-16-21(18-10-4-2-5-11-18)24-23(25-22)19-12-6-3-7-13-19;1-17-9-8-14-20(15-17)23-24-21(18-10-4-2-5-11-18)16-22(25-23)19-12-6-3-7-13-19;1-16-9-8-14-19(15-16)22-24-20(17-10-4-2-5-11-17)23-21(25-22)18-12-6-3-7-13-18;1-13-18-16(14-8-4-2-5-9-14)12-17(19-13)15-10-6-3-7-11-15/h2*2-16H,1H3;2-15H,1H3;2-12H,1H3. The van der Waals surface area contributed by atoms with E-state index in [0.717, 1.165) is 113 Å². The first-order chi connectivity index (χ1) is 46.2. The number of benzene rings is 11. The molecule has 15 aromatic rings. The third-order valence-electron chi connectivity index (χ3n) is 15.2. The molecular formula is C85H67N9. The first-order valence-corrected chi connectivity index (χ1v) is 31.3. The lowest BCUT2D eigenvalue weighted by Gasteiger charge is -2.09. The number of hydrogen-bond acceptors (Lipinski definition) is 9. The van der Waals surface area contributed by atoms with E-state index in [1.54, 1.807) is 0 Å². The Morgan fingerprint density at radius 2 is 0.340 bits per heavy atom. The van der Waals surface area contributed by atoms with E-state index < -0.39 is 0 Å². The van der Waals surface area contributed by atoms with Crippen LogP contribution in [0.15, 0.2) is 334 Å². The van der Waals surface area contributed by atoms with Crippen LogP contribution in [0.5, 0.6) is 0 Å². The molecule has 15 rings (SSSR count). The fourth-order valence-corrected chi connectivity index (χ4v) is 10.5. The van der Waals surface area contributed by atoms with Crippen molar-refractivity contribution >= 4 is 0 Å². The molecule has 0 spiro atoms. The number of aryl methyl sites for hydroxylation is 4. The Morgan fingerprint density at radius 1 is 0.149 bits per heavy atom. The summed E-state index contributed by atoms with van der Waals surface area (Å²) < 4.78 is 0. The van der Waals surface area contributed by atoms with Crippen LogP contribution in [-0.4, -0.2) is 44.9 Å². The lowest BCUT2D eigenvalue weighted by atomic mass is 10.1. The Balaban J connectivity index is 0.000000121. The Labute approximate surface area is 550 Å². The highest BCUT2D eigenvalue weighted by Crippen LogP contribution is 2.31. The van der Waals surface area contributed by atoms with Crippen molar-refractivity contribution in [2.45, 2.75) is 27.7 Å². The van der Waals surface area contributed by atoms with Crippen LogP contribution in [0.1, 0.15) is 22.5 Å². The first-order valence-electron chi connectivity index (χ1n) is 31.3. The van der Waals surface area contributed by atoms with Gasteiger partial charge in [0.15, 0.2) is 29.1 Å². The van der Waals surface area contributed by atoms with E-state index in [-0.39, 0.29) is 0 Å². The van der Waals surface area contributed by atoms with Gasteiger partial charge in [0.25, 0.3) is 0 Å². The highest BCUT2D eigenvalue weighted by Gasteiger charge is 2.15. The maximum absolute atomic E-state index is 4.83. The van der Waals surface area contributed by atoms with Crippen LogP contribution in [-0.2, 0) is 0 Å². The number of hydrogen-bond donors (Lipinski definition) is 0. The van der Waals surface area contributed by atoms with E-state index in [4.69, 9.17) is 34.9 Å². The Kier molecular flexibility index (Phi) is 20.0. The number of nitrogens with zero attached hydrogens (tertiary/aromatic N) is 9. The van der Waals surface area contributed by atoms with Crippen LogP contribution < -0.4 is 0 Å². The zero-order chi connectivity index (χ0) is 64.3. The normalized spacial score (nSPS) is 10.6. The van der Waals surface area contributed by atoms with E-state index in [2.05, 4.69) is 158 Å². The molecule has 9 nitrogen and oxygen atoms in total. The molecule has 452 valence electrons. The van der Waals surface area contributed by atoms with Gasteiger partial charge in [0.1, 0.15) is 5.82 Å². The van der Waals surface area contributed by atoms with Gasteiger partial charge in [-0.05, 0) is 64.1 Å². The average molecular weight is 1210 g/mol. The summed E-state index contributed by atoms with van der Waals surface area (Å²) in [6, 6.07) is 112. The van der Waals surface area contributed by atoms with Crippen molar-refractivity contribution in [1.29, 1.82) is 0 Å². The van der Waals surface area contributed by atoms with E-state index in [9.17, 15) is 0 Å². The smallest absolute Gasteiger partial charge is 0.164 e. The largest absolute Gasteiger partial charge is 0.233 e. The highest BCUT2D eigenvalue weighted by molar-refractivity contribution is 5.75. The highest BCUT2D eigenvalue weighted by atomic mass is 15.0.